The summed E-state index contributed by atoms with van der Waals surface area (Å²) in [4.78, 5) is 7.15. The van der Waals surface area contributed by atoms with Gasteiger partial charge >= 0.3 is 0 Å². The Bertz CT molecular complexity index is 462. The number of nitrogens with one attached hydrogen (secondary N) is 2. The van der Waals surface area contributed by atoms with Crippen molar-refractivity contribution in [1.29, 1.82) is 0 Å². The van der Waals surface area contributed by atoms with Gasteiger partial charge < -0.3 is 24.7 Å². The van der Waals surface area contributed by atoms with Gasteiger partial charge in [0.15, 0.2) is 5.96 Å². The first kappa shape index (κ1) is 18.8. The molecule has 2 N–H and O–H groups in total. The van der Waals surface area contributed by atoms with Crippen LogP contribution in [0.25, 0.3) is 0 Å². The van der Waals surface area contributed by atoms with Gasteiger partial charge in [0.1, 0.15) is 12.4 Å². The third-order valence-corrected chi connectivity index (χ3v) is 4.16. The zero-order chi connectivity index (χ0) is 17.0. The SMILES string of the molecule is CCNC(=NCC1CCCN(C)C1)NCCCOCc1ccco1. The summed E-state index contributed by atoms with van der Waals surface area (Å²) in [6.45, 7) is 8.35. The molecule has 6 nitrogen and oxygen atoms in total. The zero-order valence-electron chi connectivity index (χ0n) is 15.1. The Morgan fingerprint density at radius 1 is 1.46 bits per heavy atom. The van der Waals surface area contributed by atoms with E-state index in [-0.39, 0.29) is 0 Å². The molecule has 1 aromatic heterocycles. The number of ether oxygens (including phenoxy) is 1. The summed E-state index contributed by atoms with van der Waals surface area (Å²) in [7, 11) is 2.20. The van der Waals surface area contributed by atoms with Crippen LogP contribution < -0.4 is 10.6 Å². The summed E-state index contributed by atoms with van der Waals surface area (Å²) in [5.41, 5.74) is 0. The lowest BCUT2D eigenvalue weighted by Gasteiger charge is -2.28. The molecule has 0 bridgehead atoms. The van der Waals surface area contributed by atoms with Crippen LogP contribution in [0, 0.1) is 5.92 Å². The fourth-order valence-electron chi connectivity index (χ4n) is 2.93. The molecule has 2 heterocycles. The second-order valence-electron chi connectivity index (χ2n) is 6.40. The van der Waals surface area contributed by atoms with E-state index < -0.39 is 0 Å². The van der Waals surface area contributed by atoms with Crippen molar-refractivity contribution in [3.8, 4) is 0 Å². The Morgan fingerprint density at radius 2 is 2.38 bits per heavy atom. The van der Waals surface area contributed by atoms with Crippen LogP contribution in [0.5, 0.6) is 0 Å². The van der Waals surface area contributed by atoms with Gasteiger partial charge in [-0.2, -0.15) is 0 Å². The summed E-state index contributed by atoms with van der Waals surface area (Å²) < 4.78 is 10.8. The Balaban J connectivity index is 1.60. The molecule has 0 aliphatic carbocycles. The summed E-state index contributed by atoms with van der Waals surface area (Å²) in [6, 6.07) is 3.81. The highest BCUT2D eigenvalue weighted by molar-refractivity contribution is 5.79. The van der Waals surface area contributed by atoms with Crippen molar-refractivity contribution in [3.63, 3.8) is 0 Å². The second kappa shape index (κ2) is 11.1. The van der Waals surface area contributed by atoms with Crippen LogP contribution in [0.4, 0.5) is 0 Å². The average molecular weight is 336 g/mol. The molecule has 0 amide bonds. The predicted octanol–water partition coefficient (Wildman–Crippen LogP) is 2.08. The Hall–Kier alpha value is -1.53. The van der Waals surface area contributed by atoms with Crippen LogP contribution in [0.3, 0.4) is 0 Å². The fraction of sp³-hybridized carbons (Fsp3) is 0.722. The highest BCUT2D eigenvalue weighted by atomic mass is 16.5. The molecule has 2 rings (SSSR count). The van der Waals surface area contributed by atoms with E-state index in [4.69, 9.17) is 14.1 Å². The van der Waals surface area contributed by atoms with Gasteiger partial charge in [-0.3, -0.25) is 4.99 Å². The first-order valence-electron chi connectivity index (χ1n) is 9.08. The molecular formula is C18H32N4O2. The molecule has 0 radical (unpaired) electrons. The van der Waals surface area contributed by atoms with Crippen LogP contribution in [-0.4, -0.2) is 57.2 Å². The van der Waals surface area contributed by atoms with Gasteiger partial charge in [0.05, 0.1) is 6.26 Å². The van der Waals surface area contributed by atoms with E-state index in [2.05, 4.69) is 29.5 Å². The van der Waals surface area contributed by atoms with Gasteiger partial charge in [-0.15, -0.1) is 0 Å². The standard InChI is InChI=1S/C18H32N4O2/c1-3-19-18(21-13-16-7-4-10-22(2)14-16)20-9-6-11-23-15-17-8-5-12-24-17/h5,8,12,16H,3-4,6-7,9-11,13-15H2,1-2H3,(H2,19,20,21). The molecule has 24 heavy (non-hydrogen) atoms. The highest BCUT2D eigenvalue weighted by Gasteiger charge is 2.16. The number of nitrogens with zero attached hydrogens (tertiary/aromatic N) is 2. The largest absolute Gasteiger partial charge is 0.467 e. The van der Waals surface area contributed by atoms with Crippen molar-refractivity contribution in [2.75, 3.05) is 46.4 Å². The van der Waals surface area contributed by atoms with E-state index in [0.717, 1.165) is 44.3 Å². The molecular weight excluding hydrogens is 304 g/mol. The number of likely N-dealkylation sites (tertiary alicyclic amines) is 1. The van der Waals surface area contributed by atoms with Gasteiger partial charge in [0, 0.05) is 32.8 Å². The Kier molecular flexibility index (Phi) is 8.70. The molecule has 1 unspecified atom stereocenters. The van der Waals surface area contributed by atoms with Crippen molar-refractivity contribution in [1.82, 2.24) is 15.5 Å². The van der Waals surface area contributed by atoms with Gasteiger partial charge in [-0.05, 0) is 57.8 Å². The first-order chi connectivity index (χ1) is 11.8. The highest BCUT2D eigenvalue weighted by Crippen LogP contribution is 2.14. The maximum Gasteiger partial charge on any atom is 0.191 e. The summed E-state index contributed by atoms with van der Waals surface area (Å²) in [6.07, 6.45) is 5.18. The lowest BCUT2D eigenvalue weighted by molar-refractivity contribution is 0.105. The normalized spacial score (nSPS) is 19.4. The molecule has 1 aromatic rings. The van der Waals surface area contributed by atoms with Crippen molar-refractivity contribution in [2.45, 2.75) is 32.8 Å². The van der Waals surface area contributed by atoms with Crippen LogP contribution in [0.2, 0.25) is 0 Å². The summed E-state index contributed by atoms with van der Waals surface area (Å²) in [5.74, 6) is 2.46. The molecule has 1 aliphatic heterocycles. The monoisotopic (exact) mass is 336 g/mol. The zero-order valence-corrected chi connectivity index (χ0v) is 15.1. The van der Waals surface area contributed by atoms with Crippen LogP contribution in [-0.2, 0) is 11.3 Å². The summed E-state index contributed by atoms with van der Waals surface area (Å²) >= 11 is 0. The van der Waals surface area contributed by atoms with Crippen molar-refractivity contribution in [3.05, 3.63) is 24.2 Å². The molecule has 0 spiro atoms. The minimum Gasteiger partial charge on any atom is -0.467 e. The van der Waals surface area contributed by atoms with Gasteiger partial charge in [-0.25, -0.2) is 0 Å². The number of hydrogen-bond acceptors (Lipinski definition) is 4. The number of guanidine groups is 1. The van der Waals surface area contributed by atoms with E-state index in [1.54, 1.807) is 6.26 Å². The number of piperidine rings is 1. The van der Waals surface area contributed by atoms with Gasteiger partial charge in [-0.1, -0.05) is 0 Å². The van der Waals surface area contributed by atoms with Crippen LogP contribution >= 0.6 is 0 Å². The van der Waals surface area contributed by atoms with E-state index >= 15 is 0 Å². The molecule has 0 saturated carbocycles. The Morgan fingerprint density at radius 3 is 3.12 bits per heavy atom. The molecule has 1 fully saturated rings. The number of furan rings is 1. The van der Waals surface area contributed by atoms with E-state index in [1.807, 2.05) is 12.1 Å². The van der Waals surface area contributed by atoms with Gasteiger partial charge in [0.2, 0.25) is 0 Å². The van der Waals surface area contributed by atoms with Gasteiger partial charge in [0.25, 0.3) is 0 Å². The predicted molar refractivity (Wildman–Crippen MR) is 97.2 cm³/mol. The van der Waals surface area contributed by atoms with Crippen molar-refractivity contribution in [2.24, 2.45) is 10.9 Å². The van der Waals surface area contributed by atoms with Crippen LogP contribution in [0.1, 0.15) is 31.9 Å². The smallest absolute Gasteiger partial charge is 0.191 e. The second-order valence-corrected chi connectivity index (χ2v) is 6.40. The molecule has 1 saturated heterocycles. The third kappa shape index (κ3) is 7.36. The van der Waals surface area contributed by atoms with E-state index in [9.17, 15) is 0 Å². The summed E-state index contributed by atoms with van der Waals surface area (Å²) in [5, 5.41) is 6.70. The third-order valence-electron chi connectivity index (χ3n) is 4.16. The lowest BCUT2D eigenvalue weighted by Crippen LogP contribution is -2.39. The van der Waals surface area contributed by atoms with Crippen molar-refractivity contribution >= 4 is 5.96 Å². The van der Waals surface area contributed by atoms with E-state index in [0.29, 0.717) is 19.1 Å². The molecule has 6 heteroatoms. The number of aliphatic imine (C=N–C) groups is 1. The molecule has 1 aliphatic rings. The quantitative estimate of drug-likeness (QED) is 0.411. The number of rotatable bonds is 9. The fourth-order valence-corrected chi connectivity index (χ4v) is 2.93. The minimum atomic E-state index is 0.538. The average Bonchev–Trinajstić information content (AvgIpc) is 3.09. The molecule has 136 valence electrons. The van der Waals surface area contributed by atoms with Crippen molar-refractivity contribution < 1.29 is 9.15 Å². The van der Waals surface area contributed by atoms with E-state index in [1.165, 1.54) is 19.4 Å². The lowest BCUT2D eigenvalue weighted by atomic mass is 9.99. The maximum absolute atomic E-state index is 5.59. The maximum atomic E-state index is 5.59. The minimum absolute atomic E-state index is 0.538. The number of hydrogen-bond donors (Lipinski definition) is 2. The first-order valence-corrected chi connectivity index (χ1v) is 9.08. The Labute approximate surface area is 145 Å². The topological polar surface area (TPSA) is 62.0 Å². The molecule has 0 aromatic carbocycles. The molecule has 1 atom stereocenters. The van der Waals surface area contributed by atoms with Crippen LogP contribution in [0.15, 0.2) is 27.8 Å².